The molecule has 94 valence electrons. The van der Waals surface area contributed by atoms with Crippen LogP contribution in [0.3, 0.4) is 0 Å². The zero-order valence-corrected chi connectivity index (χ0v) is 9.77. The molecule has 1 aliphatic heterocycles. The molecule has 0 bridgehead atoms. The van der Waals surface area contributed by atoms with Gasteiger partial charge in [-0.15, -0.1) is 0 Å². The molecule has 0 saturated carbocycles. The second-order valence-electron chi connectivity index (χ2n) is 5.17. The van der Waals surface area contributed by atoms with Crippen molar-refractivity contribution in [2.24, 2.45) is 0 Å². The van der Waals surface area contributed by atoms with Crippen LogP contribution in [0.25, 0.3) is 0 Å². The zero-order valence-electron chi connectivity index (χ0n) is 9.77. The first kappa shape index (κ1) is 13.4. The third-order valence-electron chi connectivity index (χ3n) is 2.41. The van der Waals surface area contributed by atoms with Gasteiger partial charge in [-0.25, -0.2) is 0 Å². The molecular formula is C10H20N2O4. The van der Waals surface area contributed by atoms with Crippen molar-refractivity contribution in [3.63, 3.8) is 0 Å². The summed E-state index contributed by atoms with van der Waals surface area (Å²) in [5.74, 6) is -0.383. The van der Waals surface area contributed by atoms with E-state index in [-0.39, 0.29) is 12.5 Å². The highest BCUT2D eigenvalue weighted by Crippen LogP contribution is 2.12. The molecule has 5 N–H and O–H groups in total. The summed E-state index contributed by atoms with van der Waals surface area (Å²) in [6.07, 6.45) is -3.64. The summed E-state index contributed by atoms with van der Waals surface area (Å²) in [5.41, 5.74) is -0.403. The van der Waals surface area contributed by atoms with E-state index in [0.717, 1.165) is 0 Å². The van der Waals surface area contributed by atoms with Gasteiger partial charge in [-0.3, -0.25) is 4.79 Å². The van der Waals surface area contributed by atoms with Gasteiger partial charge in [0.2, 0.25) is 5.91 Å². The molecule has 6 nitrogen and oxygen atoms in total. The van der Waals surface area contributed by atoms with Crippen LogP contribution in [0.5, 0.6) is 0 Å². The second-order valence-corrected chi connectivity index (χ2v) is 5.17. The molecule has 0 aliphatic carbocycles. The SMILES string of the molecule is CC(C)(C)NC(=O)[C@H]1NC[C@H](O)[C@@H](O)[C@H]1O. The molecule has 16 heavy (non-hydrogen) atoms. The lowest BCUT2D eigenvalue weighted by atomic mass is 9.94. The zero-order chi connectivity index (χ0) is 12.5. The number of aliphatic hydroxyl groups is 3. The van der Waals surface area contributed by atoms with Gasteiger partial charge >= 0.3 is 0 Å². The molecule has 0 aromatic heterocycles. The van der Waals surface area contributed by atoms with Crippen molar-refractivity contribution in [1.29, 1.82) is 0 Å². The molecule has 0 spiro atoms. The lowest BCUT2D eigenvalue weighted by molar-refractivity contribution is -0.138. The molecule has 0 aromatic carbocycles. The van der Waals surface area contributed by atoms with Crippen molar-refractivity contribution >= 4 is 5.91 Å². The van der Waals surface area contributed by atoms with Crippen LogP contribution in [0, 0.1) is 0 Å². The van der Waals surface area contributed by atoms with Crippen LogP contribution in [0.4, 0.5) is 0 Å². The van der Waals surface area contributed by atoms with Gasteiger partial charge in [-0.05, 0) is 20.8 Å². The van der Waals surface area contributed by atoms with Crippen LogP contribution in [0.1, 0.15) is 20.8 Å². The van der Waals surface area contributed by atoms with E-state index in [9.17, 15) is 20.1 Å². The van der Waals surface area contributed by atoms with E-state index >= 15 is 0 Å². The van der Waals surface area contributed by atoms with Crippen molar-refractivity contribution in [3.05, 3.63) is 0 Å². The van der Waals surface area contributed by atoms with E-state index in [1.165, 1.54) is 0 Å². The number of carbonyl (C=O) groups excluding carboxylic acids is 1. The van der Waals surface area contributed by atoms with Crippen molar-refractivity contribution < 1.29 is 20.1 Å². The fourth-order valence-corrected chi connectivity index (χ4v) is 1.61. The van der Waals surface area contributed by atoms with Crippen LogP contribution < -0.4 is 10.6 Å². The summed E-state index contributed by atoms with van der Waals surface area (Å²) in [6, 6.07) is -0.891. The van der Waals surface area contributed by atoms with Crippen LogP contribution in [0.2, 0.25) is 0 Å². The van der Waals surface area contributed by atoms with Gasteiger partial charge in [0.1, 0.15) is 18.2 Å². The summed E-state index contributed by atoms with van der Waals surface area (Å²) < 4.78 is 0. The minimum atomic E-state index is -1.30. The molecule has 0 unspecified atom stereocenters. The topological polar surface area (TPSA) is 102 Å². The summed E-state index contributed by atoms with van der Waals surface area (Å²) in [7, 11) is 0. The number of rotatable bonds is 1. The van der Waals surface area contributed by atoms with E-state index in [1.54, 1.807) is 0 Å². The summed E-state index contributed by atoms with van der Waals surface area (Å²) in [5, 5.41) is 33.8. The summed E-state index contributed by atoms with van der Waals surface area (Å²) in [4.78, 5) is 11.8. The van der Waals surface area contributed by atoms with E-state index in [1.807, 2.05) is 20.8 Å². The minimum Gasteiger partial charge on any atom is -0.389 e. The number of aliphatic hydroxyl groups excluding tert-OH is 3. The minimum absolute atomic E-state index is 0.0838. The number of hydrogen-bond acceptors (Lipinski definition) is 5. The Labute approximate surface area is 94.7 Å². The first-order chi connectivity index (χ1) is 7.22. The average molecular weight is 232 g/mol. The van der Waals surface area contributed by atoms with Crippen LogP contribution in [-0.2, 0) is 4.79 Å². The quantitative estimate of drug-likeness (QED) is 0.358. The summed E-state index contributed by atoms with van der Waals surface area (Å²) in [6.45, 7) is 5.56. The van der Waals surface area contributed by atoms with E-state index < -0.39 is 29.9 Å². The number of amides is 1. The van der Waals surface area contributed by atoms with Crippen molar-refractivity contribution in [3.8, 4) is 0 Å². The molecule has 0 aromatic rings. The molecule has 0 radical (unpaired) electrons. The third kappa shape index (κ3) is 3.15. The molecule has 1 amide bonds. The van der Waals surface area contributed by atoms with Gasteiger partial charge in [0, 0.05) is 12.1 Å². The molecular weight excluding hydrogens is 212 g/mol. The van der Waals surface area contributed by atoms with E-state index in [4.69, 9.17) is 0 Å². The highest BCUT2D eigenvalue weighted by molar-refractivity contribution is 5.83. The maximum absolute atomic E-state index is 11.8. The second kappa shape index (κ2) is 4.67. The molecule has 6 heteroatoms. The predicted octanol–water partition coefficient (Wildman–Crippen LogP) is -2.04. The van der Waals surface area contributed by atoms with Crippen LogP contribution >= 0.6 is 0 Å². The van der Waals surface area contributed by atoms with Gasteiger partial charge in [0.15, 0.2) is 0 Å². The fourth-order valence-electron chi connectivity index (χ4n) is 1.61. The molecule has 1 fully saturated rings. The predicted molar refractivity (Wildman–Crippen MR) is 57.7 cm³/mol. The number of nitrogens with one attached hydrogen (secondary N) is 2. The first-order valence-corrected chi connectivity index (χ1v) is 5.32. The van der Waals surface area contributed by atoms with Gasteiger partial charge in [-0.2, -0.15) is 0 Å². The van der Waals surface area contributed by atoms with Crippen molar-refractivity contribution in [2.75, 3.05) is 6.54 Å². The standard InChI is InChI=1S/C10H20N2O4/c1-10(2,3)12-9(16)6-8(15)7(14)5(13)4-11-6/h5-8,11,13-15H,4H2,1-3H3,(H,12,16)/t5-,6-,7+,8-/m0/s1. The Morgan fingerprint density at radius 2 is 1.81 bits per heavy atom. The van der Waals surface area contributed by atoms with Gasteiger partial charge < -0.3 is 26.0 Å². The van der Waals surface area contributed by atoms with Gasteiger partial charge in [0.05, 0.1) is 6.10 Å². The highest BCUT2D eigenvalue weighted by atomic mass is 16.4. The van der Waals surface area contributed by atoms with E-state index in [2.05, 4.69) is 10.6 Å². The van der Waals surface area contributed by atoms with Gasteiger partial charge in [-0.1, -0.05) is 0 Å². The Morgan fingerprint density at radius 1 is 1.25 bits per heavy atom. The number of hydrogen-bond donors (Lipinski definition) is 5. The number of carbonyl (C=O) groups is 1. The molecule has 1 saturated heterocycles. The molecule has 4 atom stereocenters. The number of β-amino-alcohol motifs (C(OH)–C–C–N with tert-alkyl or cyclic N) is 1. The molecule has 1 heterocycles. The smallest absolute Gasteiger partial charge is 0.240 e. The Hall–Kier alpha value is -0.690. The van der Waals surface area contributed by atoms with Crippen molar-refractivity contribution in [2.45, 2.75) is 50.7 Å². The Balaban J connectivity index is 2.64. The maximum atomic E-state index is 11.8. The van der Waals surface area contributed by atoms with Crippen LogP contribution in [0.15, 0.2) is 0 Å². The monoisotopic (exact) mass is 232 g/mol. The normalized spacial score (nSPS) is 35.9. The Morgan fingerprint density at radius 3 is 2.31 bits per heavy atom. The van der Waals surface area contributed by atoms with Crippen LogP contribution in [-0.4, -0.2) is 57.7 Å². The first-order valence-electron chi connectivity index (χ1n) is 5.32. The maximum Gasteiger partial charge on any atom is 0.240 e. The lowest BCUT2D eigenvalue weighted by Crippen LogP contribution is -2.65. The van der Waals surface area contributed by atoms with Gasteiger partial charge in [0.25, 0.3) is 0 Å². The molecule has 1 aliphatic rings. The highest BCUT2D eigenvalue weighted by Gasteiger charge is 2.40. The largest absolute Gasteiger partial charge is 0.389 e. The third-order valence-corrected chi connectivity index (χ3v) is 2.41. The molecule has 1 rings (SSSR count). The van der Waals surface area contributed by atoms with Crippen molar-refractivity contribution in [1.82, 2.24) is 10.6 Å². The Bertz CT molecular complexity index is 264. The number of piperidine rings is 1. The fraction of sp³-hybridized carbons (Fsp3) is 0.900. The average Bonchev–Trinajstić information content (AvgIpc) is 2.11. The lowest BCUT2D eigenvalue weighted by Gasteiger charge is -2.36. The summed E-state index contributed by atoms with van der Waals surface area (Å²) >= 11 is 0. The Kier molecular flexibility index (Phi) is 3.90. The van der Waals surface area contributed by atoms with E-state index in [0.29, 0.717) is 0 Å².